The molecule has 5 nitrogen and oxygen atoms in total. The van der Waals surface area contributed by atoms with Crippen molar-refractivity contribution < 1.29 is 9.90 Å². The van der Waals surface area contributed by atoms with Crippen LogP contribution in [0.15, 0.2) is 54.7 Å². The van der Waals surface area contributed by atoms with Crippen LogP contribution in [-0.4, -0.2) is 57.6 Å². The van der Waals surface area contributed by atoms with Gasteiger partial charge in [-0.3, -0.25) is 9.69 Å². The normalized spacial score (nSPS) is 12.5. The first-order valence-corrected chi connectivity index (χ1v) is 12.8. The number of hydrogen-bond donors (Lipinski definition) is 2. The molecular formula is C30H43N3O2. The van der Waals surface area contributed by atoms with Crippen molar-refractivity contribution in [3.63, 3.8) is 0 Å². The lowest BCUT2D eigenvalue weighted by molar-refractivity contribution is -0.135. The van der Waals surface area contributed by atoms with Gasteiger partial charge >= 0.3 is 0 Å². The Morgan fingerprint density at radius 1 is 0.971 bits per heavy atom. The van der Waals surface area contributed by atoms with E-state index in [1.54, 1.807) is 0 Å². The maximum atomic E-state index is 13.6. The minimum Gasteiger partial charge on any atom is -0.394 e. The molecule has 0 bridgehead atoms. The van der Waals surface area contributed by atoms with Crippen LogP contribution in [0.5, 0.6) is 0 Å². The van der Waals surface area contributed by atoms with E-state index < -0.39 is 5.54 Å². The van der Waals surface area contributed by atoms with Crippen LogP contribution in [0.25, 0.3) is 10.9 Å². The summed E-state index contributed by atoms with van der Waals surface area (Å²) in [6.07, 6.45) is 3.77. The number of amides is 1. The number of para-hydroxylation sites is 1. The molecule has 0 aliphatic rings. The Morgan fingerprint density at radius 2 is 1.66 bits per heavy atom. The summed E-state index contributed by atoms with van der Waals surface area (Å²) in [5.41, 5.74) is 4.42. The molecule has 0 aliphatic heterocycles. The maximum absolute atomic E-state index is 13.6. The molecule has 5 heteroatoms. The van der Waals surface area contributed by atoms with E-state index in [9.17, 15) is 9.90 Å². The van der Waals surface area contributed by atoms with Gasteiger partial charge in [-0.2, -0.15) is 0 Å². The molecule has 3 rings (SSSR count). The number of nitrogens with one attached hydrogen (secondary N) is 1. The smallest absolute Gasteiger partial charge is 0.237 e. The van der Waals surface area contributed by atoms with Crippen molar-refractivity contribution in [3.05, 3.63) is 71.4 Å². The first kappa shape index (κ1) is 27.0. The van der Waals surface area contributed by atoms with Crippen LogP contribution in [0, 0.1) is 0 Å². The number of rotatable bonds is 11. The van der Waals surface area contributed by atoms with Crippen molar-refractivity contribution in [2.45, 2.75) is 71.9 Å². The number of fused-ring (bicyclic) bond motifs is 1. The monoisotopic (exact) mass is 477 g/mol. The molecule has 1 aromatic heterocycles. The van der Waals surface area contributed by atoms with Gasteiger partial charge in [0, 0.05) is 35.7 Å². The quantitative estimate of drug-likeness (QED) is 0.382. The number of aliphatic hydroxyl groups excluding tert-OH is 1. The molecule has 190 valence electrons. The number of hydrogen-bond acceptors (Lipinski definition) is 3. The summed E-state index contributed by atoms with van der Waals surface area (Å²) >= 11 is 0. The van der Waals surface area contributed by atoms with Gasteiger partial charge in [0.15, 0.2) is 0 Å². The molecule has 1 amide bonds. The van der Waals surface area contributed by atoms with Crippen LogP contribution in [0.2, 0.25) is 0 Å². The standard InChI is InChI=1S/C30H43N3O2/c1-7-17-33(30(5,6)22-34)21-28(35)32(20-23-12-14-25(15-13-23)29(2,3)4)18-16-24-19-31-27-11-9-8-10-26(24)27/h8-15,19,31,34H,7,16-18,20-22H2,1-6H3. The minimum atomic E-state index is -0.442. The van der Waals surface area contributed by atoms with Gasteiger partial charge in [0.2, 0.25) is 5.91 Å². The highest BCUT2D eigenvalue weighted by Gasteiger charge is 2.29. The summed E-state index contributed by atoms with van der Waals surface area (Å²) in [6.45, 7) is 15.0. The lowest BCUT2D eigenvalue weighted by Gasteiger charge is -2.38. The molecule has 0 radical (unpaired) electrons. The molecule has 0 aliphatic carbocycles. The second kappa shape index (κ2) is 11.4. The van der Waals surface area contributed by atoms with Crippen molar-refractivity contribution >= 4 is 16.8 Å². The lowest BCUT2D eigenvalue weighted by Crippen LogP contribution is -2.52. The van der Waals surface area contributed by atoms with Crippen LogP contribution in [0.4, 0.5) is 0 Å². The Balaban J connectivity index is 1.81. The number of aromatic nitrogens is 1. The third kappa shape index (κ3) is 6.96. The van der Waals surface area contributed by atoms with Crippen LogP contribution in [-0.2, 0) is 23.2 Å². The summed E-state index contributed by atoms with van der Waals surface area (Å²) in [5.74, 6) is 0.0970. The third-order valence-corrected chi connectivity index (χ3v) is 6.93. The summed E-state index contributed by atoms with van der Waals surface area (Å²) in [4.78, 5) is 21.1. The van der Waals surface area contributed by atoms with Gasteiger partial charge < -0.3 is 15.0 Å². The average molecular weight is 478 g/mol. The SMILES string of the molecule is CCCN(CC(=O)N(CCc1c[nH]c2ccccc12)Cc1ccc(C(C)(C)C)cc1)C(C)(C)CO. The molecule has 0 fully saturated rings. The summed E-state index contributed by atoms with van der Waals surface area (Å²) < 4.78 is 0. The molecule has 2 aromatic carbocycles. The van der Waals surface area contributed by atoms with Gasteiger partial charge in [-0.15, -0.1) is 0 Å². The van der Waals surface area contributed by atoms with Crippen molar-refractivity contribution in [2.75, 3.05) is 26.2 Å². The van der Waals surface area contributed by atoms with Crippen molar-refractivity contribution in [3.8, 4) is 0 Å². The maximum Gasteiger partial charge on any atom is 0.237 e. The minimum absolute atomic E-state index is 0.0177. The molecule has 3 aromatic rings. The van der Waals surface area contributed by atoms with E-state index in [0.717, 1.165) is 30.5 Å². The Bertz CT molecular complexity index is 1090. The summed E-state index contributed by atoms with van der Waals surface area (Å²) in [6, 6.07) is 16.9. The second-order valence-corrected chi connectivity index (χ2v) is 11.3. The van der Waals surface area contributed by atoms with Crippen LogP contribution >= 0.6 is 0 Å². The molecule has 0 atom stereocenters. The Morgan fingerprint density at radius 3 is 2.29 bits per heavy atom. The molecule has 0 spiro atoms. The first-order chi connectivity index (χ1) is 16.5. The number of H-pyrrole nitrogens is 1. The van der Waals surface area contributed by atoms with E-state index >= 15 is 0 Å². The summed E-state index contributed by atoms with van der Waals surface area (Å²) in [5, 5.41) is 11.1. The van der Waals surface area contributed by atoms with Crippen LogP contribution in [0.1, 0.15) is 64.7 Å². The summed E-state index contributed by atoms with van der Waals surface area (Å²) in [7, 11) is 0. The zero-order valence-electron chi connectivity index (χ0n) is 22.4. The number of aromatic amines is 1. The molecule has 2 N–H and O–H groups in total. The Kier molecular flexibility index (Phi) is 8.79. The fourth-order valence-corrected chi connectivity index (χ4v) is 4.45. The van der Waals surface area contributed by atoms with Gasteiger partial charge in [-0.05, 0) is 61.4 Å². The highest BCUT2D eigenvalue weighted by molar-refractivity contribution is 5.83. The van der Waals surface area contributed by atoms with Crippen LogP contribution in [0.3, 0.4) is 0 Å². The predicted octanol–water partition coefficient (Wildman–Crippen LogP) is 5.52. The fraction of sp³-hybridized carbons (Fsp3) is 0.500. The second-order valence-electron chi connectivity index (χ2n) is 11.3. The van der Waals surface area contributed by atoms with Gasteiger partial charge in [-0.1, -0.05) is 70.2 Å². The van der Waals surface area contributed by atoms with E-state index in [-0.39, 0.29) is 17.9 Å². The third-order valence-electron chi connectivity index (χ3n) is 6.93. The zero-order valence-corrected chi connectivity index (χ0v) is 22.4. The highest BCUT2D eigenvalue weighted by atomic mass is 16.3. The van der Waals surface area contributed by atoms with Gasteiger partial charge in [0.1, 0.15) is 0 Å². The van der Waals surface area contributed by atoms with E-state index in [1.807, 2.05) is 24.8 Å². The van der Waals surface area contributed by atoms with Crippen molar-refractivity contribution in [2.24, 2.45) is 0 Å². The average Bonchev–Trinajstić information content (AvgIpc) is 3.24. The zero-order chi connectivity index (χ0) is 25.6. The highest BCUT2D eigenvalue weighted by Crippen LogP contribution is 2.23. The van der Waals surface area contributed by atoms with Crippen LogP contribution < -0.4 is 0 Å². The predicted molar refractivity (Wildman–Crippen MR) is 146 cm³/mol. The molecule has 0 saturated heterocycles. The fourth-order valence-electron chi connectivity index (χ4n) is 4.45. The number of nitrogens with zero attached hydrogens (tertiary/aromatic N) is 2. The van der Waals surface area contributed by atoms with E-state index in [2.05, 4.69) is 86.2 Å². The van der Waals surface area contributed by atoms with Gasteiger partial charge in [0.25, 0.3) is 0 Å². The number of benzene rings is 2. The van der Waals surface area contributed by atoms with E-state index in [0.29, 0.717) is 19.6 Å². The van der Waals surface area contributed by atoms with Gasteiger partial charge in [0.05, 0.1) is 13.2 Å². The topological polar surface area (TPSA) is 59.6 Å². The Labute approximate surface area is 211 Å². The van der Waals surface area contributed by atoms with E-state index in [1.165, 1.54) is 16.5 Å². The van der Waals surface area contributed by atoms with Crippen molar-refractivity contribution in [1.82, 2.24) is 14.8 Å². The Hall–Kier alpha value is -2.63. The lowest BCUT2D eigenvalue weighted by atomic mass is 9.87. The molecule has 0 saturated carbocycles. The molecule has 0 unspecified atom stereocenters. The number of carbonyl (C=O) groups is 1. The van der Waals surface area contributed by atoms with E-state index in [4.69, 9.17) is 0 Å². The molecular weight excluding hydrogens is 434 g/mol. The van der Waals surface area contributed by atoms with Crippen molar-refractivity contribution in [1.29, 1.82) is 0 Å². The molecule has 1 heterocycles. The number of carbonyl (C=O) groups excluding carboxylic acids is 1. The van der Waals surface area contributed by atoms with Gasteiger partial charge in [-0.25, -0.2) is 0 Å². The number of aliphatic hydroxyl groups is 1. The molecule has 35 heavy (non-hydrogen) atoms. The first-order valence-electron chi connectivity index (χ1n) is 12.8. The largest absolute Gasteiger partial charge is 0.394 e.